The molecule has 1 heterocycles. The number of hydrogen-bond acceptors (Lipinski definition) is 3. The van der Waals surface area contributed by atoms with Crippen LogP contribution in [0.25, 0.3) is 0 Å². The third kappa shape index (κ3) is 3.86. The van der Waals surface area contributed by atoms with Crippen LogP contribution in [0.4, 0.5) is 13.2 Å². The molecule has 0 radical (unpaired) electrons. The van der Waals surface area contributed by atoms with Gasteiger partial charge in [-0.25, -0.2) is 0 Å². The summed E-state index contributed by atoms with van der Waals surface area (Å²) >= 11 is 0. The van der Waals surface area contributed by atoms with E-state index in [0.717, 1.165) is 25.3 Å². The number of hydrogen-bond donors (Lipinski definition) is 2. The molecule has 3 N–H and O–H groups in total. The number of carbonyl (C=O) groups excluding carboxylic acids is 2. The standard InChI is InChI=1S/C18H22F3N3O3/c1-9(13-7-10-2-3-11(13)6-10)23-15(25)8-24-14(18(19,20)21)5-4-12(16(22)26)17(24)27/h4-5,9-11,13H,2-3,6-8H2,1H3,(H2,22,26)(H,23,25)/t9-,10+,11+,13+/m1/s1. The molecule has 0 aromatic carbocycles. The van der Waals surface area contributed by atoms with Crippen LogP contribution in [-0.4, -0.2) is 22.4 Å². The highest BCUT2D eigenvalue weighted by Gasteiger charge is 2.42. The number of nitrogens with zero attached hydrogens (tertiary/aromatic N) is 1. The summed E-state index contributed by atoms with van der Waals surface area (Å²) in [6.07, 6.45) is -0.369. The van der Waals surface area contributed by atoms with Crippen LogP contribution in [0.15, 0.2) is 16.9 Å². The molecule has 0 aliphatic heterocycles. The molecule has 2 aliphatic carbocycles. The largest absolute Gasteiger partial charge is 0.431 e. The van der Waals surface area contributed by atoms with E-state index >= 15 is 0 Å². The van der Waals surface area contributed by atoms with Gasteiger partial charge in [-0.3, -0.25) is 19.0 Å². The molecule has 0 saturated heterocycles. The van der Waals surface area contributed by atoms with E-state index in [1.54, 1.807) is 0 Å². The van der Waals surface area contributed by atoms with Crippen molar-refractivity contribution in [1.82, 2.24) is 9.88 Å². The Labute approximate surface area is 153 Å². The second-order valence-electron chi connectivity index (χ2n) is 7.58. The Hall–Kier alpha value is -2.32. The van der Waals surface area contributed by atoms with E-state index in [4.69, 9.17) is 5.73 Å². The molecule has 2 fully saturated rings. The number of nitrogens with two attached hydrogens (primary N) is 1. The van der Waals surface area contributed by atoms with Crippen LogP contribution in [-0.2, 0) is 17.5 Å². The minimum Gasteiger partial charge on any atom is -0.365 e. The zero-order valence-electron chi connectivity index (χ0n) is 14.9. The van der Waals surface area contributed by atoms with Crippen molar-refractivity contribution in [1.29, 1.82) is 0 Å². The van der Waals surface area contributed by atoms with E-state index in [-0.39, 0.29) is 10.6 Å². The summed E-state index contributed by atoms with van der Waals surface area (Å²) in [7, 11) is 0. The van der Waals surface area contributed by atoms with Crippen molar-refractivity contribution in [2.45, 2.75) is 51.4 Å². The first-order chi connectivity index (χ1) is 12.6. The highest BCUT2D eigenvalue weighted by Crippen LogP contribution is 2.49. The van der Waals surface area contributed by atoms with Crippen LogP contribution < -0.4 is 16.6 Å². The van der Waals surface area contributed by atoms with Gasteiger partial charge in [0.05, 0.1) is 0 Å². The molecule has 0 spiro atoms. The van der Waals surface area contributed by atoms with Crippen molar-refractivity contribution in [2.75, 3.05) is 0 Å². The van der Waals surface area contributed by atoms with Gasteiger partial charge in [-0.15, -0.1) is 0 Å². The van der Waals surface area contributed by atoms with Gasteiger partial charge < -0.3 is 11.1 Å². The topological polar surface area (TPSA) is 94.2 Å². The van der Waals surface area contributed by atoms with Gasteiger partial charge >= 0.3 is 6.18 Å². The van der Waals surface area contributed by atoms with Crippen molar-refractivity contribution < 1.29 is 22.8 Å². The first-order valence-corrected chi connectivity index (χ1v) is 8.98. The van der Waals surface area contributed by atoms with Crippen molar-refractivity contribution in [2.24, 2.45) is 23.5 Å². The van der Waals surface area contributed by atoms with Crippen LogP contribution >= 0.6 is 0 Å². The second kappa shape index (κ2) is 7.01. The lowest BCUT2D eigenvalue weighted by Gasteiger charge is -2.28. The zero-order chi connectivity index (χ0) is 19.9. The molecule has 27 heavy (non-hydrogen) atoms. The summed E-state index contributed by atoms with van der Waals surface area (Å²) in [6.45, 7) is 1.02. The first-order valence-electron chi connectivity index (χ1n) is 8.98. The third-order valence-corrected chi connectivity index (χ3v) is 5.86. The van der Waals surface area contributed by atoms with E-state index in [2.05, 4.69) is 5.32 Å². The van der Waals surface area contributed by atoms with Crippen molar-refractivity contribution >= 4 is 11.8 Å². The summed E-state index contributed by atoms with van der Waals surface area (Å²) in [5, 5.41) is 2.73. The van der Waals surface area contributed by atoms with Gasteiger partial charge in [0, 0.05) is 6.04 Å². The van der Waals surface area contributed by atoms with Gasteiger partial charge in [0.15, 0.2) is 0 Å². The predicted octanol–water partition coefficient (Wildman–Crippen LogP) is 1.91. The highest BCUT2D eigenvalue weighted by molar-refractivity contribution is 5.92. The molecule has 9 heteroatoms. The van der Waals surface area contributed by atoms with Crippen LogP contribution in [0, 0.1) is 17.8 Å². The molecular formula is C18H22F3N3O3. The molecule has 2 amide bonds. The Bertz CT molecular complexity index is 818. The number of nitrogens with one attached hydrogen (secondary N) is 1. The second-order valence-corrected chi connectivity index (χ2v) is 7.58. The lowest BCUT2D eigenvalue weighted by molar-refractivity contribution is -0.144. The molecule has 148 valence electrons. The number of halogens is 3. The normalized spacial score (nSPS) is 25.4. The fourth-order valence-electron chi connectivity index (χ4n) is 4.63. The van der Waals surface area contributed by atoms with Crippen molar-refractivity contribution in [3.63, 3.8) is 0 Å². The maximum Gasteiger partial charge on any atom is 0.431 e. The number of pyridine rings is 1. The van der Waals surface area contributed by atoms with Crippen molar-refractivity contribution in [3.8, 4) is 0 Å². The number of aromatic nitrogens is 1. The van der Waals surface area contributed by atoms with Gasteiger partial charge in [-0.05, 0) is 56.1 Å². The van der Waals surface area contributed by atoms with E-state index in [0.29, 0.717) is 23.8 Å². The molecule has 6 nitrogen and oxygen atoms in total. The fraction of sp³-hybridized carbons (Fsp3) is 0.611. The smallest absolute Gasteiger partial charge is 0.365 e. The van der Waals surface area contributed by atoms with Crippen LogP contribution in [0.3, 0.4) is 0 Å². The van der Waals surface area contributed by atoms with Gasteiger partial charge in [0.1, 0.15) is 17.8 Å². The Morgan fingerprint density at radius 1 is 1.30 bits per heavy atom. The summed E-state index contributed by atoms with van der Waals surface area (Å²) in [5.41, 5.74) is 1.94. The zero-order valence-corrected chi connectivity index (χ0v) is 14.9. The molecule has 1 aromatic heterocycles. The number of alkyl halides is 3. The quantitative estimate of drug-likeness (QED) is 0.811. The van der Waals surface area contributed by atoms with Gasteiger partial charge in [0.25, 0.3) is 11.5 Å². The maximum atomic E-state index is 13.2. The van der Waals surface area contributed by atoms with Crippen LogP contribution in [0.1, 0.15) is 48.7 Å². The Balaban J connectivity index is 1.79. The number of rotatable bonds is 5. The summed E-state index contributed by atoms with van der Waals surface area (Å²) < 4.78 is 39.9. The van der Waals surface area contributed by atoms with E-state index < -0.39 is 41.4 Å². The monoisotopic (exact) mass is 385 g/mol. The first kappa shape index (κ1) is 19.4. The fourth-order valence-corrected chi connectivity index (χ4v) is 4.63. The van der Waals surface area contributed by atoms with Gasteiger partial charge in [0.2, 0.25) is 5.91 Å². The molecule has 2 saturated carbocycles. The highest BCUT2D eigenvalue weighted by atomic mass is 19.4. The Morgan fingerprint density at radius 2 is 2.00 bits per heavy atom. The lowest BCUT2D eigenvalue weighted by atomic mass is 9.84. The SMILES string of the molecule is C[C@@H](NC(=O)Cn1c(C(F)(F)F)ccc(C(N)=O)c1=O)[C@@H]1C[C@H]2CC[C@H]1C2. The average Bonchev–Trinajstić information content (AvgIpc) is 3.18. The van der Waals surface area contributed by atoms with E-state index in [1.807, 2.05) is 6.92 Å². The minimum absolute atomic E-state index is 0.183. The maximum absolute atomic E-state index is 13.2. The van der Waals surface area contributed by atoms with Gasteiger partial charge in [-0.2, -0.15) is 13.2 Å². The molecule has 2 aliphatic rings. The molecule has 2 bridgehead atoms. The molecular weight excluding hydrogens is 363 g/mol. The molecule has 3 rings (SSSR count). The van der Waals surface area contributed by atoms with Gasteiger partial charge in [-0.1, -0.05) is 6.42 Å². The predicted molar refractivity (Wildman–Crippen MR) is 90.8 cm³/mol. The van der Waals surface area contributed by atoms with Crippen molar-refractivity contribution in [3.05, 3.63) is 33.7 Å². The average molecular weight is 385 g/mol. The summed E-state index contributed by atoms with van der Waals surface area (Å²) in [6, 6.07) is 1.14. The van der Waals surface area contributed by atoms with E-state index in [9.17, 15) is 27.6 Å². The van der Waals surface area contributed by atoms with E-state index in [1.165, 1.54) is 6.42 Å². The molecule has 1 aromatic rings. The number of primary amides is 1. The van der Waals surface area contributed by atoms with Crippen LogP contribution in [0.5, 0.6) is 0 Å². The summed E-state index contributed by atoms with van der Waals surface area (Å²) in [4.78, 5) is 35.9. The number of fused-ring (bicyclic) bond motifs is 2. The Kier molecular flexibility index (Phi) is 5.05. The Morgan fingerprint density at radius 3 is 2.52 bits per heavy atom. The number of carbonyl (C=O) groups is 2. The minimum atomic E-state index is -4.84. The molecule has 0 unspecified atom stereocenters. The molecule has 4 atom stereocenters. The van der Waals surface area contributed by atoms with Crippen LogP contribution in [0.2, 0.25) is 0 Å². The third-order valence-electron chi connectivity index (χ3n) is 5.86. The number of amides is 2. The summed E-state index contributed by atoms with van der Waals surface area (Å²) in [5.74, 6) is -0.316. The lowest BCUT2D eigenvalue weighted by Crippen LogP contribution is -2.44.